The van der Waals surface area contributed by atoms with Gasteiger partial charge in [-0.3, -0.25) is 9.59 Å². The number of ether oxygens (including phenoxy) is 1. The van der Waals surface area contributed by atoms with E-state index in [0.29, 0.717) is 24.6 Å². The predicted molar refractivity (Wildman–Crippen MR) is 94.2 cm³/mol. The lowest BCUT2D eigenvalue weighted by atomic mass is 9.97. The first-order chi connectivity index (χ1) is 11.4. The molecule has 132 valence electrons. The third-order valence-electron chi connectivity index (χ3n) is 4.55. The summed E-state index contributed by atoms with van der Waals surface area (Å²) in [6, 6.07) is 5.57. The monoisotopic (exact) mass is 332 g/mol. The van der Waals surface area contributed by atoms with Crippen LogP contribution in [-0.4, -0.2) is 43.5 Å². The van der Waals surface area contributed by atoms with Crippen LogP contribution in [0.4, 0.5) is 0 Å². The normalized spacial score (nSPS) is 17.7. The molecule has 1 fully saturated rings. The minimum absolute atomic E-state index is 0.00801. The van der Waals surface area contributed by atoms with Crippen LogP contribution < -0.4 is 10.1 Å². The number of benzene rings is 1. The molecule has 0 unspecified atom stereocenters. The summed E-state index contributed by atoms with van der Waals surface area (Å²) in [5, 5.41) is 2.98. The summed E-state index contributed by atoms with van der Waals surface area (Å²) in [4.78, 5) is 26.4. The number of piperidine rings is 1. The third kappa shape index (κ3) is 4.49. The molecule has 1 aliphatic heterocycles. The largest absolute Gasteiger partial charge is 0.496 e. The SMILES string of the molecule is COc1cc(C(=O)N2CCC[C@@H](CNC(=O)C(C)C)C2)ccc1C. The molecule has 24 heavy (non-hydrogen) atoms. The molecule has 5 heteroatoms. The third-order valence-corrected chi connectivity index (χ3v) is 4.55. The highest BCUT2D eigenvalue weighted by Crippen LogP contribution is 2.22. The molecule has 1 saturated heterocycles. The number of nitrogens with zero attached hydrogens (tertiary/aromatic N) is 1. The number of carbonyl (C=O) groups is 2. The van der Waals surface area contributed by atoms with Gasteiger partial charge < -0.3 is 15.0 Å². The van der Waals surface area contributed by atoms with Gasteiger partial charge in [0, 0.05) is 31.1 Å². The van der Waals surface area contributed by atoms with Crippen LogP contribution in [0.5, 0.6) is 5.75 Å². The Morgan fingerprint density at radius 1 is 1.38 bits per heavy atom. The average molecular weight is 332 g/mol. The number of nitrogens with one attached hydrogen (secondary N) is 1. The molecular weight excluding hydrogens is 304 g/mol. The fraction of sp³-hybridized carbons (Fsp3) is 0.579. The van der Waals surface area contributed by atoms with Gasteiger partial charge in [0.2, 0.25) is 5.91 Å². The van der Waals surface area contributed by atoms with Gasteiger partial charge in [0.25, 0.3) is 5.91 Å². The van der Waals surface area contributed by atoms with Gasteiger partial charge in [-0.1, -0.05) is 19.9 Å². The molecule has 0 aromatic heterocycles. The maximum absolute atomic E-state index is 12.8. The Morgan fingerprint density at radius 3 is 2.79 bits per heavy atom. The Balaban J connectivity index is 1.98. The van der Waals surface area contributed by atoms with Crippen molar-refractivity contribution in [1.29, 1.82) is 0 Å². The highest BCUT2D eigenvalue weighted by molar-refractivity contribution is 5.94. The second-order valence-electron chi connectivity index (χ2n) is 6.84. The molecule has 1 heterocycles. The van der Waals surface area contributed by atoms with Crippen LogP contribution in [0, 0.1) is 18.8 Å². The van der Waals surface area contributed by atoms with Crippen molar-refractivity contribution >= 4 is 11.8 Å². The standard InChI is InChI=1S/C19H28N2O3/c1-13(2)18(22)20-11-15-6-5-9-21(12-15)19(23)16-8-7-14(3)17(10-16)24-4/h7-8,10,13,15H,5-6,9,11-12H2,1-4H3,(H,20,22)/t15-/m0/s1. The summed E-state index contributed by atoms with van der Waals surface area (Å²) in [6.45, 7) is 7.82. The number of aryl methyl sites for hydroxylation is 1. The van der Waals surface area contributed by atoms with Crippen molar-refractivity contribution in [3.05, 3.63) is 29.3 Å². The van der Waals surface area contributed by atoms with E-state index in [1.54, 1.807) is 7.11 Å². The van der Waals surface area contributed by atoms with Gasteiger partial charge >= 0.3 is 0 Å². The highest BCUT2D eigenvalue weighted by atomic mass is 16.5. The van der Waals surface area contributed by atoms with Gasteiger partial charge in [0.15, 0.2) is 0 Å². The van der Waals surface area contributed by atoms with Crippen molar-refractivity contribution in [2.24, 2.45) is 11.8 Å². The maximum Gasteiger partial charge on any atom is 0.253 e. The molecule has 0 spiro atoms. The van der Waals surface area contributed by atoms with Gasteiger partial charge in [-0.25, -0.2) is 0 Å². The zero-order chi connectivity index (χ0) is 17.7. The van der Waals surface area contributed by atoms with E-state index in [0.717, 1.165) is 30.7 Å². The summed E-state index contributed by atoms with van der Waals surface area (Å²) in [5.41, 5.74) is 1.67. The van der Waals surface area contributed by atoms with Gasteiger partial charge in [-0.05, 0) is 43.4 Å². The zero-order valence-corrected chi connectivity index (χ0v) is 15.1. The summed E-state index contributed by atoms with van der Waals surface area (Å²) < 4.78 is 5.31. The first kappa shape index (κ1) is 18.3. The van der Waals surface area contributed by atoms with Crippen LogP contribution >= 0.6 is 0 Å². The molecule has 5 nitrogen and oxygen atoms in total. The minimum Gasteiger partial charge on any atom is -0.496 e. The Morgan fingerprint density at radius 2 is 2.12 bits per heavy atom. The van der Waals surface area contributed by atoms with Crippen molar-refractivity contribution in [2.45, 2.75) is 33.6 Å². The molecule has 0 bridgehead atoms. The zero-order valence-electron chi connectivity index (χ0n) is 15.1. The molecule has 0 aliphatic carbocycles. The van der Waals surface area contributed by atoms with Crippen LogP contribution in [0.2, 0.25) is 0 Å². The fourth-order valence-corrected chi connectivity index (χ4v) is 3.00. The van der Waals surface area contributed by atoms with Crippen LogP contribution in [0.1, 0.15) is 42.6 Å². The summed E-state index contributed by atoms with van der Waals surface area (Å²) in [6.07, 6.45) is 2.01. The molecule has 1 aromatic rings. The van der Waals surface area contributed by atoms with E-state index in [2.05, 4.69) is 5.32 Å². The summed E-state index contributed by atoms with van der Waals surface area (Å²) in [7, 11) is 1.62. The minimum atomic E-state index is -0.00801. The summed E-state index contributed by atoms with van der Waals surface area (Å²) >= 11 is 0. The van der Waals surface area contributed by atoms with Crippen molar-refractivity contribution in [1.82, 2.24) is 10.2 Å². The lowest BCUT2D eigenvalue weighted by Crippen LogP contribution is -2.44. The molecule has 1 atom stereocenters. The first-order valence-electron chi connectivity index (χ1n) is 8.64. The van der Waals surface area contributed by atoms with E-state index in [1.165, 1.54) is 0 Å². The maximum atomic E-state index is 12.8. The van der Waals surface area contributed by atoms with Crippen molar-refractivity contribution in [3.8, 4) is 5.75 Å². The number of methoxy groups -OCH3 is 1. The summed E-state index contributed by atoms with van der Waals surface area (Å²) in [5.74, 6) is 1.15. The van der Waals surface area contributed by atoms with E-state index >= 15 is 0 Å². The number of carbonyl (C=O) groups excluding carboxylic acids is 2. The quantitative estimate of drug-likeness (QED) is 0.902. The predicted octanol–water partition coefficient (Wildman–Crippen LogP) is 2.63. The lowest BCUT2D eigenvalue weighted by Gasteiger charge is -2.33. The molecule has 1 aromatic carbocycles. The van der Waals surface area contributed by atoms with Crippen LogP contribution in [-0.2, 0) is 4.79 Å². The second-order valence-corrected chi connectivity index (χ2v) is 6.84. The van der Waals surface area contributed by atoms with E-state index in [4.69, 9.17) is 4.74 Å². The highest BCUT2D eigenvalue weighted by Gasteiger charge is 2.25. The molecule has 1 N–H and O–H groups in total. The van der Waals surface area contributed by atoms with E-state index in [-0.39, 0.29) is 17.7 Å². The second kappa shape index (κ2) is 8.18. The Labute approximate surface area is 144 Å². The number of likely N-dealkylation sites (tertiary alicyclic amines) is 1. The average Bonchev–Trinajstić information content (AvgIpc) is 2.59. The topological polar surface area (TPSA) is 58.6 Å². The van der Waals surface area contributed by atoms with Gasteiger partial charge in [0.1, 0.15) is 5.75 Å². The van der Waals surface area contributed by atoms with Crippen molar-refractivity contribution in [3.63, 3.8) is 0 Å². The van der Waals surface area contributed by atoms with Crippen molar-refractivity contribution < 1.29 is 14.3 Å². The van der Waals surface area contributed by atoms with E-state index < -0.39 is 0 Å². The number of hydrogen-bond acceptors (Lipinski definition) is 3. The Hall–Kier alpha value is -2.04. The molecule has 1 aliphatic rings. The van der Waals surface area contributed by atoms with E-state index in [1.807, 2.05) is 43.9 Å². The van der Waals surface area contributed by atoms with Gasteiger partial charge in [0.05, 0.1) is 7.11 Å². The van der Waals surface area contributed by atoms with Crippen LogP contribution in [0.25, 0.3) is 0 Å². The number of hydrogen-bond donors (Lipinski definition) is 1. The molecular formula is C19H28N2O3. The molecule has 0 saturated carbocycles. The van der Waals surface area contributed by atoms with Crippen molar-refractivity contribution in [2.75, 3.05) is 26.7 Å². The molecule has 0 radical (unpaired) electrons. The van der Waals surface area contributed by atoms with Crippen LogP contribution in [0.3, 0.4) is 0 Å². The Kier molecular flexibility index (Phi) is 6.23. The Bertz CT molecular complexity index is 598. The van der Waals surface area contributed by atoms with E-state index in [9.17, 15) is 9.59 Å². The molecule has 2 amide bonds. The van der Waals surface area contributed by atoms with Gasteiger partial charge in [-0.2, -0.15) is 0 Å². The number of rotatable bonds is 5. The first-order valence-corrected chi connectivity index (χ1v) is 8.64. The molecule has 2 rings (SSSR count). The van der Waals surface area contributed by atoms with Crippen LogP contribution in [0.15, 0.2) is 18.2 Å². The fourth-order valence-electron chi connectivity index (χ4n) is 3.00. The lowest BCUT2D eigenvalue weighted by molar-refractivity contribution is -0.124. The number of amides is 2. The smallest absolute Gasteiger partial charge is 0.253 e. The van der Waals surface area contributed by atoms with Gasteiger partial charge in [-0.15, -0.1) is 0 Å².